The number of halogens is 1. The summed E-state index contributed by atoms with van der Waals surface area (Å²) in [5.74, 6) is -2.53. The van der Waals surface area contributed by atoms with Crippen LogP contribution < -0.4 is 5.14 Å². The van der Waals surface area contributed by atoms with E-state index < -0.39 is 44.3 Å². The minimum absolute atomic E-state index is 0.403. The number of sulfonamides is 1. The van der Waals surface area contributed by atoms with E-state index >= 15 is 0 Å². The monoisotopic (exact) mass is 406 g/mol. The molecule has 1 atom stereocenters. The first-order chi connectivity index (χ1) is 13.3. The molecular weight excluding hydrogens is 387 g/mol. The first kappa shape index (κ1) is 20.0. The first-order valence-electron chi connectivity index (χ1n) is 8.64. The van der Waals surface area contributed by atoms with E-state index in [0.29, 0.717) is 18.7 Å². The van der Waals surface area contributed by atoms with E-state index in [2.05, 4.69) is 0 Å². The van der Waals surface area contributed by atoms with Crippen LogP contribution >= 0.6 is 0 Å². The normalized spacial score (nSPS) is 15.3. The van der Waals surface area contributed by atoms with E-state index in [1.807, 2.05) is 0 Å². The minimum atomic E-state index is -4.14. The maximum absolute atomic E-state index is 14.1. The number of amides is 1. The van der Waals surface area contributed by atoms with E-state index in [0.717, 1.165) is 31.0 Å². The number of carbonyl (C=O) groups is 2. The van der Waals surface area contributed by atoms with Gasteiger partial charge < -0.3 is 9.64 Å². The highest BCUT2D eigenvalue weighted by molar-refractivity contribution is 7.89. The van der Waals surface area contributed by atoms with E-state index in [-0.39, 0.29) is 0 Å². The zero-order valence-electron chi connectivity index (χ0n) is 14.9. The highest BCUT2D eigenvalue weighted by Gasteiger charge is 2.32. The molecule has 1 heterocycles. The van der Waals surface area contributed by atoms with Crippen LogP contribution in [0.25, 0.3) is 0 Å². The van der Waals surface area contributed by atoms with Crippen molar-refractivity contribution in [2.75, 3.05) is 13.1 Å². The van der Waals surface area contributed by atoms with Crippen molar-refractivity contribution in [2.45, 2.75) is 23.8 Å². The first-order valence-corrected chi connectivity index (χ1v) is 10.2. The molecule has 1 amide bonds. The molecule has 3 rings (SSSR count). The lowest BCUT2D eigenvalue weighted by atomic mass is 10.1. The third-order valence-corrected chi connectivity index (χ3v) is 5.37. The smallest absolute Gasteiger partial charge is 0.342 e. The molecule has 1 saturated heterocycles. The Morgan fingerprint density at radius 2 is 1.71 bits per heavy atom. The molecule has 9 heteroatoms. The predicted octanol–water partition coefficient (Wildman–Crippen LogP) is 1.99. The van der Waals surface area contributed by atoms with Crippen molar-refractivity contribution >= 4 is 21.9 Å². The van der Waals surface area contributed by atoms with Crippen molar-refractivity contribution in [3.8, 4) is 0 Å². The van der Waals surface area contributed by atoms with Crippen molar-refractivity contribution < 1.29 is 27.1 Å². The number of hydrogen-bond donors (Lipinski definition) is 1. The Hall–Kier alpha value is -2.78. The maximum atomic E-state index is 14.1. The van der Waals surface area contributed by atoms with Crippen LogP contribution in [0.2, 0.25) is 0 Å². The number of nitrogens with two attached hydrogens (primary N) is 1. The number of carbonyl (C=O) groups excluding carboxylic acids is 2. The topological polar surface area (TPSA) is 107 Å². The summed E-state index contributed by atoms with van der Waals surface area (Å²) in [6.45, 7) is 1.10. The fourth-order valence-corrected chi connectivity index (χ4v) is 3.54. The van der Waals surface area contributed by atoms with Crippen LogP contribution in [-0.4, -0.2) is 38.3 Å². The largest absolute Gasteiger partial charge is 0.444 e. The molecule has 0 unspecified atom stereocenters. The lowest BCUT2D eigenvalue weighted by molar-refractivity contribution is -0.140. The summed E-state index contributed by atoms with van der Waals surface area (Å²) < 4.78 is 42.4. The second-order valence-corrected chi connectivity index (χ2v) is 7.98. The van der Waals surface area contributed by atoms with Gasteiger partial charge in [-0.3, -0.25) is 4.79 Å². The fraction of sp³-hybridized carbons (Fsp3) is 0.263. The lowest BCUT2D eigenvalue weighted by Crippen LogP contribution is -2.35. The zero-order chi connectivity index (χ0) is 20.3. The quantitative estimate of drug-likeness (QED) is 0.765. The Balaban J connectivity index is 1.92. The standard InChI is InChI=1S/C19H19FN2O5S/c20-16-9-8-14(28(21,25)26)12-15(16)19(24)27-17(13-6-2-1-3-7-13)18(23)22-10-4-5-11-22/h1-3,6-9,12,17H,4-5,10-11H2,(H2,21,25,26)/t17-/m0/s1. The molecule has 0 bridgehead atoms. The van der Waals surface area contributed by atoms with Gasteiger partial charge in [0.25, 0.3) is 5.91 Å². The number of nitrogens with zero attached hydrogens (tertiary/aromatic N) is 1. The molecular formula is C19H19FN2O5S. The number of primary sulfonamides is 1. The highest BCUT2D eigenvalue weighted by Crippen LogP contribution is 2.25. The number of hydrogen-bond acceptors (Lipinski definition) is 5. The second kappa shape index (κ2) is 8.07. The number of rotatable bonds is 5. The van der Waals surface area contributed by atoms with Gasteiger partial charge in [0.1, 0.15) is 5.82 Å². The molecule has 7 nitrogen and oxygen atoms in total. The van der Waals surface area contributed by atoms with Gasteiger partial charge in [0.05, 0.1) is 10.5 Å². The molecule has 1 aliphatic heterocycles. The number of ether oxygens (including phenoxy) is 1. The van der Waals surface area contributed by atoms with E-state index in [1.54, 1.807) is 35.2 Å². The molecule has 0 saturated carbocycles. The molecule has 0 spiro atoms. The SMILES string of the molecule is NS(=O)(=O)c1ccc(F)c(C(=O)O[C@H](C(=O)N2CCCC2)c2ccccc2)c1. The van der Waals surface area contributed by atoms with Crippen LogP contribution in [0.5, 0.6) is 0 Å². The molecule has 1 fully saturated rings. The second-order valence-electron chi connectivity index (χ2n) is 6.42. The average Bonchev–Trinajstić information content (AvgIpc) is 3.20. The van der Waals surface area contributed by atoms with Crippen LogP contribution in [-0.2, 0) is 19.6 Å². The van der Waals surface area contributed by atoms with Crippen molar-refractivity contribution in [2.24, 2.45) is 5.14 Å². The van der Waals surface area contributed by atoms with Crippen molar-refractivity contribution in [1.29, 1.82) is 0 Å². The van der Waals surface area contributed by atoms with Gasteiger partial charge >= 0.3 is 5.97 Å². The van der Waals surface area contributed by atoms with Gasteiger partial charge in [-0.25, -0.2) is 22.7 Å². The summed E-state index contributed by atoms with van der Waals surface area (Å²) in [7, 11) is -4.14. The van der Waals surface area contributed by atoms with Gasteiger partial charge in [-0.05, 0) is 31.0 Å². The summed E-state index contributed by atoms with van der Waals surface area (Å²) in [4.78, 5) is 26.6. The molecule has 0 aromatic heterocycles. The summed E-state index contributed by atoms with van der Waals surface area (Å²) in [6.07, 6.45) is 0.447. The van der Waals surface area contributed by atoms with Crippen LogP contribution in [0, 0.1) is 5.82 Å². The average molecular weight is 406 g/mol. The highest BCUT2D eigenvalue weighted by atomic mass is 32.2. The van der Waals surface area contributed by atoms with Crippen molar-refractivity contribution in [3.63, 3.8) is 0 Å². The van der Waals surface area contributed by atoms with Crippen LogP contribution in [0.3, 0.4) is 0 Å². The van der Waals surface area contributed by atoms with Gasteiger partial charge in [0.15, 0.2) is 0 Å². The van der Waals surface area contributed by atoms with Crippen LogP contribution in [0.4, 0.5) is 4.39 Å². The van der Waals surface area contributed by atoms with Gasteiger partial charge in [0.2, 0.25) is 16.1 Å². The van der Waals surface area contributed by atoms with E-state index in [1.165, 1.54) is 0 Å². The van der Waals surface area contributed by atoms with Crippen LogP contribution in [0.1, 0.15) is 34.9 Å². The van der Waals surface area contributed by atoms with Gasteiger partial charge in [-0.2, -0.15) is 0 Å². The molecule has 2 aromatic rings. The molecule has 2 N–H and O–H groups in total. The molecule has 0 aliphatic carbocycles. The summed E-state index contributed by atoms with van der Waals surface area (Å²) in [6, 6.07) is 11.0. The van der Waals surface area contributed by atoms with Gasteiger partial charge in [-0.15, -0.1) is 0 Å². The summed E-state index contributed by atoms with van der Waals surface area (Å²) in [5.41, 5.74) is -0.169. The number of esters is 1. The Kier molecular flexibility index (Phi) is 5.76. The van der Waals surface area contributed by atoms with E-state index in [4.69, 9.17) is 9.88 Å². The molecule has 148 valence electrons. The van der Waals surface area contributed by atoms with Crippen molar-refractivity contribution in [1.82, 2.24) is 4.90 Å². The molecule has 1 aliphatic rings. The third kappa shape index (κ3) is 4.37. The minimum Gasteiger partial charge on any atom is -0.444 e. The summed E-state index contributed by atoms with van der Waals surface area (Å²) >= 11 is 0. The number of benzene rings is 2. The Labute approximate surface area is 161 Å². The van der Waals surface area contributed by atoms with Crippen molar-refractivity contribution in [3.05, 3.63) is 65.5 Å². The lowest BCUT2D eigenvalue weighted by Gasteiger charge is -2.23. The maximum Gasteiger partial charge on any atom is 0.342 e. The number of likely N-dealkylation sites (tertiary alicyclic amines) is 1. The third-order valence-electron chi connectivity index (χ3n) is 4.46. The fourth-order valence-electron chi connectivity index (χ4n) is 3.00. The molecule has 0 radical (unpaired) electrons. The Morgan fingerprint density at radius 1 is 1.07 bits per heavy atom. The van der Waals surface area contributed by atoms with Gasteiger partial charge in [-0.1, -0.05) is 30.3 Å². The Morgan fingerprint density at radius 3 is 2.32 bits per heavy atom. The Bertz CT molecular complexity index is 989. The summed E-state index contributed by atoms with van der Waals surface area (Å²) in [5, 5.41) is 5.04. The van der Waals surface area contributed by atoms with Gasteiger partial charge in [0, 0.05) is 18.7 Å². The van der Waals surface area contributed by atoms with Crippen LogP contribution in [0.15, 0.2) is 53.4 Å². The predicted molar refractivity (Wildman–Crippen MR) is 98.2 cm³/mol. The zero-order valence-corrected chi connectivity index (χ0v) is 15.7. The molecule has 28 heavy (non-hydrogen) atoms. The van der Waals surface area contributed by atoms with E-state index in [9.17, 15) is 22.4 Å². The molecule has 2 aromatic carbocycles.